The Kier molecular flexibility index (Phi) is 3.91. The van der Waals surface area contributed by atoms with E-state index >= 15 is 0 Å². The van der Waals surface area contributed by atoms with E-state index in [1.807, 2.05) is 0 Å². The minimum atomic E-state index is -4.77. The highest BCUT2D eigenvalue weighted by Gasteiger charge is 2.31. The number of hydrogen-bond acceptors (Lipinski definition) is 7. The Labute approximate surface area is 119 Å². The minimum absolute atomic E-state index is 0.233. The SMILES string of the molecule is N#CC(C#N)=NNc1nc2ccc(OC(F)(F)F)cc2s1. The van der Waals surface area contributed by atoms with Gasteiger partial charge in [-0.25, -0.2) is 4.98 Å². The van der Waals surface area contributed by atoms with Crippen molar-refractivity contribution in [3.63, 3.8) is 0 Å². The quantitative estimate of drug-likeness (QED) is 0.694. The number of thiazole rings is 1. The van der Waals surface area contributed by atoms with Crippen LogP contribution in [0.5, 0.6) is 5.75 Å². The fraction of sp³-hybridized carbons (Fsp3) is 0.0909. The van der Waals surface area contributed by atoms with E-state index in [-0.39, 0.29) is 10.9 Å². The highest BCUT2D eigenvalue weighted by molar-refractivity contribution is 7.22. The van der Waals surface area contributed by atoms with Crippen molar-refractivity contribution in [1.29, 1.82) is 10.5 Å². The molecule has 6 nitrogen and oxygen atoms in total. The molecular weight excluding hydrogens is 307 g/mol. The van der Waals surface area contributed by atoms with Crippen molar-refractivity contribution in [3.05, 3.63) is 18.2 Å². The topological polar surface area (TPSA) is 94.1 Å². The molecule has 21 heavy (non-hydrogen) atoms. The zero-order chi connectivity index (χ0) is 15.5. The lowest BCUT2D eigenvalue weighted by Gasteiger charge is -2.07. The molecule has 0 amide bonds. The van der Waals surface area contributed by atoms with E-state index in [1.54, 1.807) is 12.1 Å². The molecule has 0 bridgehead atoms. The standard InChI is InChI=1S/C11H4F3N5OS/c12-11(13,14)20-7-1-2-8-9(3-7)21-10(17-8)19-18-6(4-15)5-16/h1-3H,(H,17,19). The van der Waals surface area contributed by atoms with Crippen LogP contribution < -0.4 is 10.2 Å². The fourth-order valence-corrected chi connectivity index (χ4v) is 2.17. The molecule has 0 spiro atoms. The third-order valence-electron chi connectivity index (χ3n) is 2.07. The molecule has 0 unspecified atom stereocenters. The average molecular weight is 311 g/mol. The summed E-state index contributed by atoms with van der Waals surface area (Å²) in [5, 5.41) is 20.7. The molecule has 0 atom stereocenters. The van der Waals surface area contributed by atoms with Gasteiger partial charge in [0, 0.05) is 6.07 Å². The highest BCUT2D eigenvalue weighted by atomic mass is 32.1. The monoisotopic (exact) mass is 311 g/mol. The maximum atomic E-state index is 12.1. The molecular formula is C11H4F3N5OS. The van der Waals surface area contributed by atoms with Crippen LogP contribution in [0.25, 0.3) is 10.2 Å². The molecule has 2 aromatic rings. The number of nitriles is 2. The van der Waals surface area contributed by atoms with Crippen molar-refractivity contribution < 1.29 is 17.9 Å². The first kappa shape index (κ1) is 14.6. The van der Waals surface area contributed by atoms with Crippen LogP contribution in [0.2, 0.25) is 0 Å². The summed E-state index contributed by atoms with van der Waals surface area (Å²) in [6.45, 7) is 0. The van der Waals surface area contributed by atoms with E-state index < -0.39 is 12.1 Å². The number of nitrogens with one attached hydrogen (secondary N) is 1. The van der Waals surface area contributed by atoms with Crippen molar-refractivity contribution in [1.82, 2.24) is 4.98 Å². The molecule has 2 rings (SSSR count). The summed E-state index contributed by atoms with van der Waals surface area (Å²) in [4.78, 5) is 4.04. The normalized spacial score (nSPS) is 10.5. The van der Waals surface area contributed by atoms with Crippen molar-refractivity contribution in [3.8, 4) is 17.9 Å². The number of nitrogens with zero attached hydrogens (tertiary/aromatic N) is 4. The molecule has 1 aromatic carbocycles. The number of hydrazone groups is 1. The third-order valence-corrected chi connectivity index (χ3v) is 2.99. The molecule has 106 valence electrons. The lowest BCUT2D eigenvalue weighted by atomic mass is 10.3. The van der Waals surface area contributed by atoms with Gasteiger partial charge in [-0.2, -0.15) is 15.6 Å². The van der Waals surface area contributed by atoms with Crippen LogP contribution >= 0.6 is 11.3 Å². The Morgan fingerprint density at radius 1 is 1.33 bits per heavy atom. The zero-order valence-electron chi connectivity index (χ0n) is 9.97. The van der Waals surface area contributed by atoms with Crippen molar-refractivity contribution in [2.75, 3.05) is 5.43 Å². The minimum Gasteiger partial charge on any atom is -0.406 e. The largest absolute Gasteiger partial charge is 0.573 e. The molecule has 1 heterocycles. The number of aromatic nitrogens is 1. The van der Waals surface area contributed by atoms with Gasteiger partial charge in [0.25, 0.3) is 0 Å². The molecule has 0 radical (unpaired) electrons. The second-order valence-corrected chi connectivity index (χ2v) is 4.52. The Bertz CT molecular complexity index is 768. The van der Waals surface area contributed by atoms with Crippen LogP contribution in [0.1, 0.15) is 0 Å². The Morgan fingerprint density at radius 3 is 2.67 bits per heavy atom. The summed E-state index contributed by atoms with van der Waals surface area (Å²) < 4.78 is 40.6. The van der Waals surface area contributed by atoms with Crippen LogP contribution in [0.4, 0.5) is 18.3 Å². The van der Waals surface area contributed by atoms with Gasteiger partial charge in [-0.3, -0.25) is 5.43 Å². The first-order chi connectivity index (χ1) is 9.91. The average Bonchev–Trinajstić information content (AvgIpc) is 2.80. The van der Waals surface area contributed by atoms with E-state index in [0.717, 1.165) is 17.4 Å². The summed E-state index contributed by atoms with van der Waals surface area (Å²) in [5.74, 6) is -0.358. The lowest BCUT2D eigenvalue weighted by Crippen LogP contribution is -2.16. The summed E-state index contributed by atoms with van der Waals surface area (Å²) in [7, 11) is 0. The zero-order valence-corrected chi connectivity index (χ0v) is 10.8. The number of hydrogen-bond donors (Lipinski definition) is 1. The number of rotatable bonds is 3. The molecule has 0 saturated carbocycles. The van der Waals surface area contributed by atoms with Gasteiger partial charge in [-0.05, 0) is 12.1 Å². The predicted octanol–water partition coefficient (Wildman–Crippen LogP) is 3.01. The van der Waals surface area contributed by atoms with Crippen molar-refractivity contribution in [2.24, 2.45) is 5.10 Å². The van der Waals surface area contributed by atoms with Gasteiger partial charge in [0.1, 0.15) is 17.9 Å². The van der Waals surface area contributed by atoms with Gasteiger partial charge in [-0.15, -0.1) is 13.2 Å². The summed E-state index contributed by atoms with van der Waals surface area (Å²) in [6.07, 6.45) is -4.77. The van der Waals surface area contributed by atoms with Gasteiger partial charge in [-0.1, -0.05) is 11.3 Å². The summed E-state index contributed by atoms with van der Waals surface area (Å²) in [6, 6.07) is 6.78. The van der Waals surface area contributed by atoms with E-state index in [2.05, 4.69) is 20.2 Å². The van der Waals surface area contributed by atoms with Gasteiger partial charge >= 0.3 is 6.36 Å². The molecule has 0 saturated heterocycles. The first-order valence-corrected chi connectivity index (χ1v) is 6.03. The first-order valence-electron chi connectivity index (χ1n) is 5.21. The van der Waals surface area contributed by atoms with Crippen LogP contribution in [-0.2, 0) is 0 Å². The van der Waals surface area contributed by atoms with Gasteiger partial charge in [0.05, 0.1) is 10.2 Å². The number of ether oxygens (including phenoxy) is 1. The summed E-state index contributed by atoms with van der Waals surface area (Å²) in [5.41, 5.74) is 2.43. The fourth-order valence-electron chi connectivity index (χ4n) is 1.33. The van der Waals surface area contributed by atoms with Crippen LogP contribution in [-0.4, -0.2) is 17.1 Å². The second kappa shape index (κ2) is 5.64. The number of alkyl halides is 3. The maximum Gasteiger partial charge on any atom is 0.573 e. The molecule has 0 fully saturated rings. The predicted molar refractivity (Wildman–Crippen MR) is 68.6 cm³/mol. The Balaban J connectivity index is 2.25. The van der Waals surface area contributed by atoms with E-state index in [4.69, 9.17) is 10.5 Å². The molecule has 1 N–H and O–H groups in total. The van der Waals surface area contributed by atoms with E-state index in [1.165, 1.54) is 12.1 Å². The Morgan fingerprint density at radius 2 is 2.05 bits per heavy atom. The molecule has 1 aromatic heterocycles. The second-order valence-electron chi connectivity index (χ2n) is 3.49. The molecule has 0 aliphatic rings. The summed E-state index contributed by atoms with van der Waals surface area (Å²) >= 11 is 1.00. The maximum absolute atomic E-state index is 12.1. The van der Waals surface area contributed by atoms with Gasteiger partial charge in [0.15, 0.2) is 0 Å². The van der Waals surface area contributed by atoms with Crippen molar-refractivity contribution >= 4 is 32.4 Å². The van der Waals surface area contributed by atoms with Crippen LogP contribution in [0, 0.1) is 22.7 Å². The Hall–Kier alpha value is -2.85. The van der Waals surface area contributed by atoms with Crippen molar-refractivity contribution in [2.45, 2.75) is 6.36 Å². The van der Waals surface area contributed by atoms with Crippen LogP contribution in [0.15, 0.2) is 23.3 Å². The number of anilines is 1. The lowest BCUT2D eigenvalue weighted by molar-refractivity contribution is -0.274. The van der Waals surface area contributed by atoms with Crippen LogP contribution in [0.3, 0.4) is 0 Å². The highest BCUT2D eigenvalue weighted by Crippen LogP contribution is 2.31. The third kappa shape index (κ3) is 3.81. The molecule has 0 aliphatic heterocycles. The number of benzene rings is 1. The van der Waals surface area contributed by atoms with E-state index in [0.29, 0.717) is 10.2 Å². The number of halogens is 3. The smallest absolute Gasteiger partial charge is 0.406 e. The molecule has 0 aliphatic carbocycles. The van der Waals surface area contributed by atoms with Gasteiger partial charge in [0.2, 0.25) is 10.8 Å². The molecule has 10 heteroatoms. The number of fused-ring (bicyclic) bond motifs is 1. The van der Waals surface area contributed by atoms with Gasteiger partial charge < -0.3 is 4.74 Å². The van der Waals surface area contributed by atoms with E-state index in [9.17, 15) is 13.2 Å².